The summed E-state index contributed by atoms with van der Waals surface area (Å²) in [5, 5.41) is 5.15. The Morgan fingerprint density at radius 2 is 2.00 bits per heavy atom. The molecule has 26 heavy (non-hydrogen) atoms. The number of amides is 2. The van der Waals surface area contributed by atoms with Crippen LogP contribution < -0.4 is 10.6 Å². The Morgan fingerprint density at radius 3 is 2.58 bits per heavy atom. The molecule has 7 nitrogen and oxygen atoms in total. The van der Waals surface area contributed by atoms with Gasteiger partial charge in [-0.05, 0) is 31.2 Å². The molecule has 1 aromatic rings. The van der Waals surface area contributed by atoms with E-state index in [-0.39, 0.29) is 42.2 Å². The highest BCUT2D eigenvalue weighted by Crippen LogP contribution is 2.19. The van der Waals surface area contributed by atoms with E-state index in [1.54, 1.807) is 17.9 Å². The standard InChI is InChI=1S/C16H21BrFN3O4S/c1-2-21(8-15(22)19-12-5-6-26(24,25)10-12)9-16(23)20-14-4-3-11(17)7-13(14)18/h3-4,7,12H,2,5-6,8-10H2,1H3,(H,19,22)(H,20,23)/t12-/m0/s1. The topological polar surface area (TPSA) is 95.6 Å². The van der Waals surface area contributed by atoms with Gasteiger partial charge >= 0.3 is 0 Å². The first kappa shape index (κ1) is 20.8. The molecule has 1 aromatic carbocycles. The molecule has 0 spiro atoms. The molecule has 0 unspecified atom stereocenters. The van der Waals surface area contributed by atoms with Crippen molar-refractivity contribution in [2.45, 2.75) is 19.4 Å². The van der Waals surface area contributed by atoms with Gasteiger partial charge in [-0.2, -0.15) is 0 Å². The van der Waals surface area contributed by atoms with Crippen LogP contribution in [0.1, 0.15) is 13.3 Å². The maximum absolute atomic E-state index is 13.8. The summed E-state index contributed by atoms with van der Waals surface area (Å²) in [6.45, 7) is 2.11. The fourth-order valence-corrected chi connectivity index (χ4v) is 4.65. The fourth-order valence-electron chi connectivity index (χ4n) is 2.65. The van der Waals surface area contributed by atoms with Crippen LogP contribution in [0.5, 0.6) is 0 Å². The normalized spacial score (nSPS) is 18.7. The minimum atomic E-state index is -3.07. The maximum Gasteiger partial charge on any atom is 0.238 e. The maximum atomic E-state index is 13.8. The molecule has 0 aliphatic carbocycles. The highest BCUT2D eigenvalue weighted by Gasteiger charge is 2.29. The molecule has 0 saturated carbocycles. The lowest BCUT2D eigenvalue weighted by atomic mass is 10.2. The van der Waals surface area contributed by atoms with Crippen molar-refractivity contribution in [1.82, 2.24) is 10.2 Å². The molecular weight excluding hydrogens is 429 g/mol. The molecule has 2 N–H and O–H groups in total. The molecule has 0 radical (unpaired) electrons. The minimum Gasteiger partial charge on any atom is -0.351 e. The van der Waals surface area contributed by atoms with E-state index in [0.29, 0.717) is 17.4 Å². The van der Waals surface area contributed by atoms with Crippen LogP contribution in [0.25, 0.3) is 0 Å². The van der Waals surface area contributed by atoms with Crippen molar-refractivity contribution >= 4 is 43.3 Å². The molecule has 2 amide bonds. The Labute approximate surface area is 160 Å². The van der Waals surface area contributed by atoms with Crippen molar-refractivity contribution in [3.8, 4) is 0 Å². The number of hydrogen-bond donors (Lipinski definition) is 2. The minimum absolute atomic E-state index is 0.0384. The van der Waals surface area contributed by atoms with Crippen molar-refractivity contribution in [2.75, 3.05) is 36.5 Å². The second kappa shape index (κ2) is 8.92. The number of anilines is 1. The first-order valence-corrected chi connectivity index (χ1v) is 10.8. The number of sulfone groups is 1. The molecular formula is C16H21BrFN3O4S. The zero-order valence-electron chi connectivity index (χ0n) is 14.3. The van der Waals surface area contributed by atoms with E-state index < -0.39 is 21.6 Å². The van der Waals surface area contributed by atoms with Crippen LogP contribution in [0.2, 0.25) is 0 Å². The Bertz CT molecular complexity index is 788. The van der Waals surface area contributed by atoms with Crippen LogP contribution in [-0.2, 0) is 19.4 Å². The lowest BCUT2D eigenvalue weighted by Crippen LogP contribution is -2.44. The van der Waals surface area contributed by atoms with Crippen LogP contribution in [-0.4, -0.2) is 62.3 Å². The second-order valence-electron chi connectivity index (χ2n) is 6.14. The summed E-state index contributed by atoms with van der Waals surface area (Å²) in [5.74, 6) is -1.30. The van der Waals surface area contributed by atoms with Gasteiger partial charge in [0.2, 0.25) is 11.8 Å². The number of hydrogen-bond acceptors (Lipinski definition) is 5. The fraction of sp³-hybridized carbons (Fsp3) is 0.500. The van der Waals surface area contributed by atoms with Crippen molar-refractivity contribution in [1.29, 1.82) is 0 Å². The molecule has 144 valence electrons. The van der Waals surface area contributed by atoms with Crippen molar-refractivity contribution in [3.05, 3.63) is 28.5 Å². The molecule has 0 aromatic heterocycles. The Hall–Kier alpha value is -1.52. The highest BCUT2D eigenvalue weighted by atomic mass is 79.9. The van der Waals surface area contributed by atoms with E-state index in [1.807, 2.05) is 0 Å². The van der Waals surface area contributed by atoms with Gasteiger partial charge in [-0.25, -0.2) is 12.8 Å². The summed E-state index contributed by atoms with van der Waals surface area (Å²) in [7, 11) is -3.07. The quantitative estimate of drug-likeness (QED) is 0.650. The third kappa shape index (κ3) is 6.33. The zero-order chi connectivity index (χ0) is 19.3. The molecule has 0 bridgehead atoms. The van der Waals surface area contributed by atoms with Crippen LogP contribution in [0.4, 0.5) is 10.1 Å². The molecule has 1 atom stereocenters. The van der Waals surface area contributed by atoms with Gasteiger partial charge in [0.1, 0.15) is 5.82 Å². The van der Waals surface area contributed by atoms with Gasteiger partial charge in [-0.15, -0.1) is 0 Å². The van der Waals surface area contributed by atoms with E-state index in [9.17, 15) is 22.4 Å². The lowest BCUT2D eigenvalue weighted by Gasteiger charge is -2.20. The molecule has 1 aliphatic rings. The first-order chi connectivity index (χ1) is 12.2. The molecule has 2 rings (SSSR count). The van der Waals surface area contributed by atoms with Gasteiger partial charge in [0.05, 0.1) is 30.3 Å². The summed E-state index contributed by atoms with van der Waals surface area (Å²) in [5.41, 5.74) is 0.0647. The number of carbonyl (C=O) groups is 2. The molecule has 10 heteroatoms. The van der Waals surface area contributed by atoms with Crippen molar-refractivity contribution < 1.29 is 22.4 Å². The van der Waals surface area contributed by atoms with Crippen molar-refractivity contribution in [2.24, 2.45) is 0 Å². The largest absolute Gasteiger partial charge is 0.351 e. The van der Waals surface area contributed by atoms with Gasteiger partial charge in [0.25, 0.3) is 0 Å². The average Bonchev–Trinajstić information content (AvgIpc) is 2.88. The average molecular weight is 450 g/mol. The number of rotatable bonds is 7. The molecule has 1 heterocycles. The second-order valence-corrected chi connectivity index (χ2v) is 9.29. The number of nitrogens with one attached hydrogen (secondary N) is 2. The van der Waals surface area contributed by atoms with Gasteiger partial charge in [0.15, 0.2) is 9.84 Å². The summed E-state index contributed by atoms with van der Waals surface area (Å²) < 4.78 is 37.2. The molecule has 1 fully saturated rings. The molecule has 1 saturated heterocycles. The number of carbonyl (C=O) groups excluding carboxylic acids is 2. The van der Waals surface area contributed by atoms with Crippen LogP contribution in [0, 0.1) is 5.82 Å². The summed E-state index contributed by atoms with van der Waals surface area (Å²) >= 11 is 3.14. The Balaban J connectivity index is 1.84. The van der Waals surface area contributed by atoms with Gasteiger partial charge < -0.3 is 10.6 Å². The number of benzene rings is 1. The van der Waals surface area contributed by atoms with Crippen molar-refractivity contribution in [3.63, 3.8) is 0 Å². The van der Waals surface area contributed by atoms with Gasteiger partial charge in [-0.1, -0.05) is 22.9 Å². The first-order valence-electron chi connectivity index (χ1n) is 8.15. The van der Waals surface area contributed by atoms with E-state index in [0.717, 1.165) is 0 Å². The predicted molar refractivity (Wildman–Crippen MR) is 100 cm³/mol. The zero-order valence-corrected chi connectivity index (χ0v) is 16.7. The highest BCUT2D eigenvalue weighted by molar-refractivity contribution is 9.10. The lowest BCUT2D eigenvalue weighted by molar-refractivity contribution is -0.123. The smallest absolute Gasteiger partial charge is 0.238 e. The van der Waals surface area contributed by atoms with E-state index in [4.69, 9.17) is 0 Å². The van der Waals surface area contributed by atoms with E-state index in [2.05, 4.69) is 26.6 Å². The predicted octanol–water partition coefficient (Wildman–Crippen LogP) is 1.15. The number of likely N-dealkylation sites (N-methyl/N-ethyl adjacent to an activating group) is 1. The van der Waals surface area contributed by atoms with Gasteiger partial charge in [0, 0.05) is 10.5 Å². The Morgan fingerprint density at radius 1 is 1.31 bits per heavy atom. The van der Waals surface area contributed by atoms with E-state index in [1.165, 1.54) is 12.1 Å². The summed E-state index contributed by atoms with van der Waals surface area (Å²) in [4.78, 5) is 25.7. The number of halogens is 2. The molecule has 1 aliphatic heterocycles. The SMILES string of the molecule is CCN(CC(=O)Nc1ccc(Br)cc1F)CC(=O)N[C@H]1CCS(=O)(=O)C1. The Kier molecular flexibility index (Phi) is 7.13. The summed E-state index contributed by atoms with van der Waals surface area (Å²) in [6.07, 6.45) is 0.406. The van der Waals surface area contributed by atoms with Crippen LogP contribution in [0.3, 0.4) is 0 Å². The third-order valence-corrected chi connectivity index (χ3v) is 6.25. The number of nitrogens with zero attached hydrogens (tertiary/aromatic N) is 1. The third-order valence-electron chi connectivity index (χ3n) is 3.98. The van der Waals surface area contributed by atoms with Crippen LogP contribution in [0.15, 0.2) is 22.7 Å². The van der Waals surface area contributed by atoms with Gasteiger partial charge in [-0.3, -0.25) is 14.5 Å². The van der Waals surface area contributed by atoms with Crippen LogP contribution >= 0.6 is 15.9 Å². The monoisotopic (exact) mass is 449 g/mol. The summed E-state index contributed by atoms with van der Waals surface area (Å²) in [6, 6.07) is 3.92. The van der Waals surface area contributed by atoms with E-state index >= 15 is 0 Å².